The summed E-state index contributed by atoms with van der Waals surface area (Å²) in [6.45, 7) is 16.5. The fourth-order valence-corrected chi connectivity index (χ4v) is 0. The Morgan fingerprint density at radius 3 is 0.438 bits per heavy atom. The Labute approximate surface area is 161 Å². The molecule has 0 bridgehead atoms. The van der Waals surface area contributed by atoms with Gasteiger partial charge in [0.25, 0.3) is 0 Å². The Morgan fingerprint density at radius 1 is 0.438 bits per heavy atom. The van der Waals surface area contributed by atoms with Crippen LogP contribution in [0.5, 0.6) is 0 Å². The van der Waals surface area contributed by atoms with Crippen LogP contribution in [-0.4, -0.2) is 0 Å². The molecule has 2 radical (unpaired) electrons. The molecule has 0 aromatic heterocycles. The molecular formula is C14H40Y2-4. The van der Waals surface area contributed by atoms with E-state index in [1.54, 1.807) is 0 Å². The van der Waals surface area contributed by atoms with Gasteiger partial charge in [0.05, 0.1) is 0 Å². The third-order valence-electron chi connectivity index (χ3n) is 0. The van der Waals surface area contributed by atoms with Crippen molar-refractivity contribution in [2.24, 2.45) is 0 Å². The van der Waals surface area contributed by atoms with Crippen LogP contribution in [0.25, 0.3) is 0 Å². The van der Waals surface area contributed by atoms with Gasteiger partial charge in [0, 0.05) is 65.4 Å². The van der Waals surface area contributed by atoms with Crippen LogP contribution in [0.4, 0.5) is 0 Å². The molecule has 0 nitrogen and oxygen atoms in total. The maximum atomic E-state index is 2.12. The number of rotatable bonds is 0. The summed E-state index contributed by atoms with van der Waals surface area (Å²) in [6.07, 6.45) is 2.50. The number of hydrogen-bond donors (Lipinski definition) is 0. The SMILES string of the molecule is CC.CC.CCC.CCC.[CH3-].[CH3-].[CH3-].[CH3-].[Y].[Y]. The Morgan fingerprint density at radius 2 is 0.438 bits per heavy atom. The molecule has 0 heterocycles. The largest absolute Gasteiger partial charge is 0.358 e. The van der Waals surface area contributed by atoms with E-state index in [-0.39, 0.29) is 95.1 Å². The molecule has 0 aromatic carbocycles. The second kappa shape index (κ2) is 255. The molecule has 0 rings (SSSR count). The molecule has 0 unspecified atom stereocenters. The molecule has 0 aliphatic carbocycles. The van der Waals surface area contributed by atoms with Crippen molar-refractivity contribution in [3.05, 3.63) is 29.7 Å². The van der Waals surface area contributed by atoms with Gasteiger partial charge in [-0.1, -0.05) is 68.2 Å². The summed E-state index contributed by atoms with van der Waals surface area (Å²) in [5.41, 5.74) is 0. The van der Waals surface area contributed by atoms with Crippen LogP contribution >= 0.6 is 0 Å². The van der Waals surface area contributed by atoms with Gasteiger partial charge in [-0.15, -0.1) is 0 Å². The molecule has 106 valence electrons. The third-order valence-corrected chi connectivity index (χ3v) is 0. The predicted octanol–water partition coefficient (Wildman–Crippen LogP) is 6.68. The van der Waals surface area contributed by atoms with E-state index >= 15 is 0 Å². The molecule has 0 atom stereocenters. The van der Waals surface area contributed by atoms with E-state index in [1.807, 2.05) is 27.7 Å². The Balaban J connectivity index is -0.00000000338. The first kappa shape index (κ1) is 80.0. The zero-order chi connectivity index (χ0) is 9.41. The van der Waals surface area contributed by atoms with Gasteiger partial charge >= 0.3 is 0 Å². The molecule has 16 heavy (non-hydrogen) atoms. The van der Waals surface area contributed by atoms with Gasteiger partial charge in [0.15, 0.2) is 0 Å². The van der Waals surface area contributed by atoms with Crippen LogP contribution in [0.3, 0.4) is 0 Å². The van der Waals surface area contributed by atoms with Crippen molar-refractivity contribution in [2.45, 2.75) is 68.2 Å². The minimum atomic E-state index is 0. The quantitative estimate of drug-likeness (QED) is 0.407. The number of hydrogen-bond acceptors (Lipinski definition) is 0. The van der Waals surface area contributed by atoms with Crippen molar-refractivity contribution in [2.75, 3.05) is 0 Å². The van der Waals surface area contributed by atoms with Crippen molar-refractivity contribution >= 4 is 0 Å². The summed E-state index contributed by atoms with van der Waals surface area (Å²) in [5.74, 6) is 0. The summed E-state index contributed by atoms with van der Waals surface area (Å²) in [4.78, 5) is 0. The van der Waals surface area contributed by atoms with E-state index in [0.29, 0.717) is 0 Å². The molecule has 0 aliphatic heterocycles. The standard InChI is InChI=1S/2C3H8.2C2H6.4CH3.2Y/c2*1-3-2;2*1-2;;;;;;/h2*3H2,1-2H3;2*1-2H3;4*1H3;;/q;;;;4*-1;;. The monoisotopic (exact) mass is 386 g/mol. The van der Waals surface area contributed by atoms with Crippen LogP contribution in [0.15, 0.2) is 0 Å². The average molecular weight is 386 g/mol. The van der Waals surface area contributed by atoms with Crippen molar-refractivity contribution in [1.82, 2.24) is 0 Å². The van der Waals surface area contributed by atoms with E-state index in [4.69, 9.17) is 0 Å². The second-order valence-corrected chi connectivity index (χ2v) is 1.41. The van der Waals surface area contributed by atoms with Crippen molar-refractivity contribution < 1.29 is 65.4 Å². The van der Waals surface area contributed by atoms with E-state index in [0.717, 1.165) is 0 Å². The molecule has 2 heteroatoms. The summed E-state index contributed by atoms with van der Waals surface area (Å²) >= 11 is 0. The molecule has 0 aliphatic rings. The van der Waals surface area contributed by atoms with E-state index in [2.05, 4.69) is 27.7 Å². The molecule has 0 N–H and O–H groups in total. The Bertz CT molecular complexity index is 10.7. The molecule has 0 fully saturated rings. The first-order valence-corrected chi connectivity index (χ1v) is 4.83. The molecule has 0 saturated heterocycles. The zero-order valence-corrected chi connectivity index (χ0v) is 20.2. The van der Waals surface area contributed by atoms with Crippen molar-refractivity contribution in [3.63, 3.8) is 0 Å². The van der Waals surface area contributed by atoms with Crippen LogP contribution in [-0.2, 0) is 65.4 Å². The summed E-state index contributed by atoms with van der Waals surface area (Å²) < 4.78 is 0. The normalized spacial score (nSPS) is 3.00. The van der Waals surface area contributed by atoms with Gasteiger partial charge in [-0.25, -0.2) is 0 Å². The van der Waals surface area contributed by atoms with Crippen LogP contribution in [0, 0.1) is 29.7 Å². The van der Waals surface area contributed by atoms with Gasteiger partial charge in [-0.05, 0) is 0 Å². The van der Waals surface area contributed by atoms with E-state index < -0.39 is 0 Å². The minimum Gasteiger partial charge on any atom is -0.358 e. The van der Waals surface area contributed by atoms with Crippen LogP contribution in [0.2, 0.25) is 0 Å². The van der Waals surface area contributed by atoms with E-state index in [1.165, 1.54) is 12.8 Å². The van der Waals surface area contributed by atoms with Crippen molar-refractivity contribution in [3.8, 4) is 0 Å². The maximum absolute atomic E-state index is 2.12. The summed E-state index contributed by atoms with van der Waals surface area (Å²) in [6, 6.07) is 0. The minimum absolute atomic E-state index is 0. The average Bonchev–Trinajstić information content (AvgIpc) is 1.99. The van der Waals surface area contributed by atoms with Gasteiger partial charge in [0.1, 0.15) is 0 Å². The molecule has 0 aromatic rings. The molecule has 0 spiro atoms. The zero-order valence-electron chi connectivity index (χ0n) is 14.6. The fraction of sp³-hybridized carbons (Fsp3) is 0.714. The topological polar surface area (TPSA) is 0 Å². The van der Waals surface area contributed by atoms with Crippen molar-refractivity contribution in [1.29, 1.82) is 0 Å². The van der Waals surface area contributed by atoms with Gasteiger partial charge in [-0.2, -0.15) is 0 Å². The first-order valence-electron chi connectivity index (χ1n) is 4.83. The van der Waals surface area contributed by atoms with Gasteiger partial charge in [0.2, 0.25) is 0 Å². The third kappa shape index (κ3) is 769. The van der Waals surface area contributed by atoms with Gasteiger partial charge < -0.3 is 29.7 Å². The smallest absolute Gasteiger partial charge is 0 e. The predicted molar refractivity (Wildman–Crippen MR) is 80.3 cm³/mol. The maximum Gasteiger partial charge on any atom is 0 e. The fourth-order valence-electron chi connectivity index (χ4n) is 0. The molecule has 0 amide bonds. The van der Waals surface area contributed by atoms with Gasteiger partial charge in [-0.3, -0.25) is 0 Å². The first-order chi connectivity index (χ1) is 4.83. The Hall–Kier alpha value is 2.21. The molecular weight excluding hydrogens is 346 g/mol. The summed E-state index contributed by atoms with van der Waals surface area (Å²) in [7, 11) is 0. The van der Waals surface area contributed by atoms with Crippen LogP contribution < -0.4 is 0 Å². The second-order valence-electron chi connectivity index (χ2n) is 1.41. The molecule has 0 saturated carbocycles. The Kier molecular flexibility index (Phi) is 1280. The summed E-state index contributed by atoms with van der Waals surface area (Å²) in [5, 5.41) is 0. The van der Waals surface area contributed by atoms with Crippen LogP contribution in [0.1, 0.15) is 68.2 Å². The van der Waals surface area contributed by atoms with E-state index in [9.17, 15) is 0 Å².